The van der Waals surface area contributed by atoms with Gasteiger partial charge in [-0.05, 0) is 41.5 Å². The molecule has 0 aromatic heterocycles. The number of hydrogen-bond donors (Lipinski definition) is 4. The van der Waals surface area contributed by atoms with Crippen molar-refractivity contribution >= 4 is 71.3 Å². The van der Waals surface area contributed by atoms with Crippen molar-refractivity contribution < 1.29 is 29.4 Å². The van der Waals surface area contributed by atoms with E-state index in [1.54, 1.807) is 41.5 Å². The molecule has 0 bridgehead atoms. The summed E-state index contributed by atoms with van der Waals surface area (Å²) in [5.74, 6) is -1.86. The van der Waals surface area contributed by atoms with Gasteiger partial charge in [-0.1, -0.05) is 47.8 Å². The average Bonchev–Trinajstić information content (AvgIpc) is 2.66. The van der Waals surface area contributed by atoms with E-state index in [1.165, 1.54) is 0 Å². The quantitative estimate of drug-likeness (QED) is 0.219. The molecule has 0 aromatic carbocycles. The number of alkyl halides is 3. The van der Waals surface area contributed by atoms with Crippen molar-refractivity contribution in [1.82, 2.24) is 10.2 Å². The summed E-state index contributed by atoms with van der Waals surface area (Å²) in [7, 11) is 0. The smallest absolute Gasteiger partial charge is 0.245 e. The zero-order valence-corrected chi connectivity index (χ0v) is 24.8. The highest BCUT2D eigenvalue weighted by atomic mass is 79.9. The molecule has 12 heteroatoms. The number of carbonyl (C=O) groups excluding carboxylic acids is 4. The summed E-state index contributed by atoms with van der Waals surface area (Å²) in [6.07, 6.45) is -1.80. The first-order chi connectivity index (χ1) is 14.7. The van der Waals surface area contributed by atoms with Crippen LogP contribution in [0, 0.1) is 5.41 Å². The molecule has 192 valence electrons. The normalized spacial score (nSPS) is 15.4. The van der Waals surface area contributed by atoms with E-state index in [1.807, 2.05) is 0 Å². The van der Waals surface area contributed by atoms with E-state index in [-0.39, 0.29) is 38.4 Å². The molecule has 0 saturated carbocycles. The summed E-state index contributed by atoms with van der Waals surface area (Å²) in [6.45, 7) is 8.62. The Labute approximate surface area is 221 Å². The van der Waals surface area contributed by atoms with Crippen LogP contribution in [0.3, 0.4) is 0 Å². The highest BCUT2D eigenvalue weighted by Gasteiger charge is 2.44. The fourth-order valence-corrected chi connectivity index (χ4v) is 3.46. The van der Waals surface area contributed by atoms with Gasteiger partial charge in [-0.15, -0.1) is 0 Å². The van der Waals surface area contributed by atoms with Gasteiger partial charge in [-0.25, -0.2) is 0 Å². The van der Waals surface area contributed by atoms with Gasteiger partial charge < -0.3 is 21.3 Å². The number of amides is 3. The first kappa shape index (κ1) is 32.6. The molecule has 5 N–H and O–H groups in total. The van der Waals surface area contributed by atoms with Crippen LogP contribution in [-0.2, 0) is 19.2 Å². The van der Waals surface area contributed by atoms with Crippen molar-refractivity contribution in [1.29, 1.82) is 0 Å². The number of aliphatic hydroxyl groups is 2. The summed E-state index contributed by atoms with van der Waals surface area (Å²) in [6, 6.07) is 0. The summed E-state index contributed by atoms with van der Waals surface area (Å²) in [4.78, 5) is 52.6. The number of nitrogens with one attached hydrogen (secondary N) is 1. The van der Waals surface area contributed by atoms with E-state index >= 15 is 0 Å². The van der Waals surface area contributed by atoms with E-state index in [4.69, 9.17) is 10.8 Å². The van der Waals surface area contributed by atoms with Crippen molar-refractivity contribution in [2.75, 3.05) is 26.2 Å². The fourth-order valence-electron chi connectivity index (χ4n) is 2.89. The lowest BCUT2D eigenvalue weighted by atomic mass is 9.80. The Morgan fingerprint density at radius 2 is 1.39 bits per heavy atom. The van der Waals surface area contributed by atoms with Gasteiger partial charge in [0.25, 0.3) is 0 Å². The molecule has 0 aliphatic carbocycles. The lowest BCUT2D eigenvalue weighted by Gasteiger charge is -2.40. The van der Waals surface area contributed by atoms with Crippen molar-refractivity contribution in [2.24, 2.45) is 11.1 Å². The first-order valence-electron chi connectivity index (χ1n) is 10.4. The summed E-state index contributed by atoms with van der Waals surface area (Å²) in [5, 5.41) is 21.5. The van der Waals surface area contributed by atoms with Crippen molar-refractivity contribution in [3.63, 3.8) is 0 Å². The maximum absolute atomic E-state index is 13.2. The second kappa shape index (κ2) is 12.5. The maximum Gasteiger partial charge on any atom is 0.245 e. The largest absolute Gasteiger partial charge is 0.394 e. The van der Waals surface area contributed by atoms with Gasteiger partial charge in [0.1, 0.15) is 5.78 Å². The highest BCUT2D eigenvalue weighted by molar-refractivity contribution is 9.10. The van der Waals surface area contributed by atoms with Crippen LogP contribution >= 0.6 is 47.8 Å². The molecule has 9 nitrogen and oxygen atoms in total. The van der Waals surface area contributed by atoms with E-state index in [0.29, 0.717) is 0 Å². The number of aliphatic hydroxyl groups excluding tert-OH is 2. The zero-order chi connectivity index (χ0) is 26.4. The molecule has 0 aliphatic heterocycles. The van der Waals surface area contributed by atoms with Gasteiger partial charge in [0.15, 0.2) is 0 Å². The third-order valence-corrected chi connectivity index (χ3v) is 5.88. The molecular formula is C21H36Br3N3O6. The van der Waals surface area contributed by atoms with Crippen LogP contribution in [0.4, 0.5) is 0 Å². The van der Waals surface area contributed by atoms with Crippen molar-refractivity contribution in [3.05, 3.63) is 0 Å². The molecule has 0 heterocycles. The molecule has 0 saturated heterocycles. The fraction of sp³-hybridized carbons (Fsp3) is 0.810. The van der Waals surface area contributed by atoms with Crippen LogP contribution in [0.15, 0.2) is 0 Å². The maximum atomic E-state index is 13.2. The van der Waals surface area contributed by atoms with Crippen LogP contribution in [0.1, 0.15) is 54.4 Å². The number of nitrogens with zero attached hydrogens (tertiary/aromatic N) is 1. The number of carbonyl (C=O) groups is 4. The summed E-state index contributed by atoms with van der Waals surface area (Å²) >= 11 is 9.87. The SMILES string of the molecule is CC(C)(Br)C(=O)NCC(CN)(CC(=O)CC(O)CO)CN(C(=O)C(C)(C)Br)C(=O)C(C)(C)Br. The number of ketones is 1. The Hall–Kier alpha value is -0.400. The third-order valence-electron chi connectivity index (χ3n) is 4.84. The standard InChI is InChI=1S/C21H36Br3N3O6/c1-18(2,22)15(31)26-11-21(10-25,8-13(29)7-14(30)9-28)12-27(16(32)19(3,4)23)17(33)20(5,6)24/h14,28,30H,7-12,25H2,1-6H3,(H,26,31). The van der Waals surface area contributed by atoms with E-state index in [0.717, 1.165) is 4.90 Å². The predicted octanol–water partition coefficient (Wildman–Crippen LogP) is 1.63. The van der Waals surface area contributed by atoms with Crippen LogP contribution in [0.2, 0.25) is 0 Å². The highest BCUT2D eigenvalue weighted by Crippen LogP contribution is 2.31. The molecule has 0 rings (SSSR count). The Bertz CT molecular complexity index is 702. The number of Topliss-reactive ketones (excluding diaryl/α,β-unsaturated/α-hetero) is 1. The van der Waals surface area contributed by atoms with Crippen LogP contribution in [-0.4, -0.2) is 83.9 Å². The molecule has 0 spiro atoms. The third kappa shape index (κ3) is 10.8. The zero-order valence-electron chi connectivity index (χ0n) is 20.0. The van der Waals surface area contributed by atoms with Gasteiger partial charge in [-0.3, -0.25) is 24.1 Å². The Balaban J connectivity index is 6.30. The van der Waals surface area contributed by atoms with Crippen molar-refractivity contribution in [3.8, 4) is 0 Å². The van der Waals surface area contributed by atoms with Crippen LogP contribution in [0.5, 0.6) is 0 Å². The average molecular weight is 666 g/mol. The Morgan fingerprint density at radius 1 is 0.939 bits per heavy atom. The van der Waals surface area contributed by atoms with Gasteiger partial charge >= 0.3 is 0 Å². The molecule has 0 radical (unpaired) electrons. The van der Waals surface area contributed by atoms with Crippen LogP contribution < -0.4 is 11.1 Å². The number of rotatable bonds is 13. The number of hydrogen-bond acceptors (Lipinski definition) is 7. The number of nitrogens with two attached hydrogens (primary N) is 1. The minimum absolute atomic E-state index is 0.0964. The lowest BCUT2D eigenvalue weighted by molar-refractivity contribution is -0.149. The minimum Gasteiger partial charge on any atom is -0.394 e. The minimum atomic E-state index is -1.24. The van der Waals surface area contributed by atoms with Crippen molar-refractivity contribution in [2.45, 2.75) is 73.5 Å². The second-order valence-electron chi connectivity index (χ2n) is 9.76. The molecule has 33 heavy (non-hydrogen) atoms. The topological polar surface area (TPSA) is 150 Å². The van der Waals surface area contributed by atoms with E-state index < -0.39 is 48.7 Å². The van der Waals surface area contributed by atoms with Gasteiger partial charge in [0.2, 0.25) is 17.7 Å². The molecule has 0 aromatic rings. The molecule has 0 aliphatic rings. The predicted molar refractivity (Wildman–Crippen MR) is 138 cm³/mol. The van der Waals surface area contributed by atoms with E-state index in [2.05, 4.69) is 53.1 Å². The van der Waals surface area contributed by atoms with Gasteiger partial charge in [0.05, 0.1) is 25.7 Å². The van der Waals surface area contributed by atoms with Gasteiger partial charge in [-0.2, -0.15) is 0 Å². The number of halogens is 3. The summed E-state index contributed by atoms with van der Waals surface area (Å²) < 4.78 is -3.07. The lowest BCUT2D eigenvalue weighted by Crippen LogP contribution is -2.59. The van der Waals surface area contributed by atoms with Gasteiger partial charge in [0, 0.05) is 37.9 Å². The number of imide groups is 1. The Kier molecular flexibility index (Phi) is 12.4. The second-order valence-corrected chi connectivity index (χ2v) is 15.7. The molecule has 2 atom stereocenters. The molecule has 2 unspecified atom stereocenters. The molecule has 3 amide bonds. The molecule has 0 fully saturated rings. The van der Waals surface area contributed by atoms with E-state index in [9.17, 15) is 24.3 Å². The summed E-state index contributed by atoms with van der Waals surface area (Å²) in [5.41, 5.74) is 4.88. The molecular weight excluding hydrogens is 630 g/mol. The Morgan fingerprint density at radius 3 is 1.73 bits per heavy atom. The monoisotopic (exact) mass is 663 g/mol. The first-order valence-corrected chi connectivity index (χ1v) is 12.8. The van der Waals surface area contributed by atoms with Crippen LogP contribution in [0.25, 0.3) is 0 Å².